The molecule has 0 spiro atoms. The Morgan fingerprint density at radius 3 is 2.38 bits per heavy atom. The second-order valence-electron chi connectivity index (χ2n) is 10.8. The van der Waals surface area contributed by atoms with Gasteiger partial charge in [0.25, 0.3) is 5.91 Å². The Morgan fingerprint density at radius 2 is 1.62 bits per heavy atom. The van der Waals surface area contributed by atoms with Crippen molar-refractivity contribution in [1.29, 1.82) is 0 Å². The van der Waals surface area contributed by atoms with Crippen molar-refractivity contribution in [1.82, 2.24) is 10.3 Å². The predicted molar refractivity (Wildman–Crippen MR) is 163 cm³/mol. The number of ether oxygens (including phenoxy) is 4. The van der Waals surface area contributed by atoms with Gasteiger partial charge in [-0.05, 0) is 85.8 Å². The second kappa shape index (κ2) is 13.4. The van der Waals surface area contributed by atoms with Crippen molar-refractivity contribution < 1.29 is 38.4 Å². The molecule has 0 atom stereocenters. The van der Waals surface area contributed by atoms with E-state index in [4.69, 9.17) is 18.9 Å². The molecule has 3 aromatic carbocycles. The van der Waals surface area contributed by atoms with Crippen LogP contribution in [0.1, 0.15) is 52.0 Å². The average molecular weight is 610 g/mol. The topological polar surface area (TPSA) is 145 Å². The van der Waals surface area contributed by atoms with Crippen LogP contribution in [0.25, 0.3) is 0 Å². The third-order valence-electron chi connectivity index (χ3n) is 7.59. The predicted octanol–water partition coefficient (Wildman–Crippen LogP) is 5.60. The van der Waals surface area contributed by atoms with E-state index in [9.17, 15) is 19.5 Å². The summed E-state index contributed by atoms with van der Waals surface area (Å²) in [6, 6.07) is 22.2. The molecule has 230 valence electrons. The molecule has 4 aromatic rings. The van der Waals surface area contributed by atoms with E-state index in [2.05, 4.69) is 15.6 Å². The normalized spacial score (nSPS) is 16.8. The molecule has 0 bridgehead atoms. The first kappa shape index (κ1) is 29.5. The van der Waals surface area contributed by atoms with Gasteiger partial charge in [0.2, 0.25) is 18.6 Å². The van der Waals surface area contributed by atoms with E-state index in [1.807, 2.05) is 12.1 Å². The SMILES string of the molecule is O=C(Cc1ccc(Oc2ccc(OC3CCC(NC(=O)c4ccc5c(c4)OCO5)CC3)cc2)nc1)Nc1ccccc1C(=O)O. The van der Waals surface area contributed by atoms with Crippen LogP contribution in [0.15, 0.2) is 85.1 Å². The summed E-state index contributed by atoms with van der Waals surface area (Å²) in [6.07, 6.45) is 4.92. The number of carboxylic acid groups (broad SMARTS) is 1. The number of carbonyl (C=O) groups is 3. The van der Waals surface area contributed by atoms with Crippen molar-refractivity contribution in [3.63, 3.8) is 0 Å². The van der Waals surface area contributed by atoms with Crippen LogP contribution in [-0.4, -0.2) is 46.8 Å². The van der Waals surface area contributed by atoms with E-state index < -0.39 is 5.97 Å². The number of nitrogens with zero attached hydrogens (tertiary/aromatic N) is 1. The maximum atomic E-state index is 12.7. The van der Waals surface area contributed by atoms with Gasteiger partial charge in [-0.2, -0.15) is 0 Å². The fraction of sp³-hybridized carbons (Fsp3) is 0.235. The average Bonchev–Trinajstić information content (AvgIpc) is 3.52. The molecule has 6 rings (SSSR count). The van der Waals surface area contributed by atoms with Gasteiger partial charge in [-0.15, -0.1) is 0 Å². The summed E-state index contributed by atoms with van der Waals surface area (Å²) >= 11 is 0. The number of hydrogen-bond donors (Lipinski definition) is 3. The standard InChI is InChI=1S/C34H31N3O8/c38-31(37-28-4-2-1-3-27(28)34(40)41)17-21-5-16-32(35-19-21)45-26-13-11-25(12-14-26)44-24-9-7-23(8-10-24)36-33(39)22-6-15-29-30(18-22)43-20-42-29/h1-6,11-16,18-19,23-24H,7-10,17,20H2,(H,36,39)(H,37,38)(H,40,41). The molecule has 0 saturated heterocycles. The van der Waals surface area contributed by atoms with Crippen LogP contribution in [0.5, 0.6) is 28.9 Å². The first-order valence-electron chi connectivity index (χ1n) is 14.6. The number of rotatable bonds is 10. The van der Waals surface area contributed by atoms with Gasteiger partial charge in [-0.1, -0.05) is 18.2 Å². The number of benzene rings is 3. The van der Waals surface area contributed by atoms with Crippen molar-refractivity contribution >= 4 is 23.5 Å². The molecule has 0 radical (unpaired) electrons. The summed E-state index contributed by atoms with van der Waals surface area (Å²) in [5.74, 6) is 1.33. The van der Waals surface area contributed by atoms with Crippen LogP contribution in [0.2, 0.25) is 0 Å². The second-order valence-corrected chi connectivity index (χ2v) is 10.8. The number of nitrogens with one attached hydrogen (secondary N) is 2. The Labute approximate surface area is 259 Å². The lowest BCUT2D eigenvalue weighted by Crippen LogP contribution is -2.39. The maximum absolute atomic E-state index is 12.7. The smallest absolute Gasteiger partial charge is 0.337 e. The van der Waals surface area contributed by atoms with Gasteiger partial charge in [0.15, 0.2) is 11.5 Å². The number of amides is 2. The molecular formula is C34H31N3O8. The van der Waals surface area contributed by atoms with Crippen LogP contribution in [0, 0.1) is 0 Å². The number of fused-ring (bicyclic) bond motifs is 1. The summed E-state index contributed by atoms with van der Waals surface area (Å²) in [6.45, 7) is 0.172. The van der Waals surface area contributed by atoms with Crippen LogP contribution in [0.3, 0.4) is 0 Å². The number of carboxylic acids is 1. The first-order valence-corrected chi connectivity index (χ1v) is 14.6. The minimum absolute atomic E-state index is 0.0245. The minimum Gasteiger partial charge on any atom is -0.490 e. The monoisotopic (exact) mass is 609 g/mol. The van der Waals surface area contributed by atoms with Crippen LogP contribution < -0.4 is 29.6 Å². The molecule has 2 amide bonds. The summed E-state index contributed by atoms with van der Waals surface area (Å²) in [4.78, 5) is 40.8. The van der Waals surface area contributed by atoms with E-state index in [-0.39, 0.29) is 48.4 Å². The Bertz CT molecular complexity index is 1680. The van der Waals surface area contributed by atoms with Crippen molar-refractivity contribution in [3.05, 3.63) is 102 Å². The summed E-state index contributed by atoms with van der Waals surface area (Å²) in [7, 11) is 0. The van der Waals surface area contributed by atoms with E-state index in [1.165, 1.54) is 6.07 Å². The van der Waals surface area contributed by atoms with Gasteiger partial charge in [0.05, 0.1) is 23.8 Å². The molecule has 1 aliphatic heterocycles. The number of para-hydroxylation sites is 1. The highest BCUT2D eigenvalue weighted by molar-refractivity contribution is 6.01. The molecule has 1 aliphatic carbocycles. The summed E-state index contributed by atoms with van der Waals surface area (Å²) in [5.41, 5.74) is 1.47. The quantitative estimate of drug-likeness (QED) is 0.209. The van der Waals surface area contributed by atoms with Gasteiger partial charge in [-0.3, -0.25) is 9.59 Å². The number of carbonyl (C=O) groups excluding carboxylic acids is 2. The maximum Gasteiger partial charge on any atom is 0.337 e. The van der Waals surface area contributed by atoms with E-state index in [0.29, 0.717) is 34.3 Å². The van der Waals surface area contributed by atoms with Gasteiger partial charge in [-0.25, -0.2) is 9.78 Å². The molecule has 3 N–H and O–H groups in total. The van der Waals surface area contributed by atoms with Gasteiger partial charge in [0, 0.05) is 23.9 Å². The van der Waals surface area contributed by atoms with E-state index in [1.54, 1.807) is 66.9 Å². The van der Waals surface area contributed by atoms with Crippen LogP contribution >= 0.6 is 0 Å². The van der Waals surface area contributed by atoms with E-state index in [0.717, 1.165) is 31.4 Å². The molecule has 45 heavy (non-hydrogen) atoms. The number of pyridine rings is 1. The molecule has 2 aliphatic rings. The number of aromatic nitrogens is 1. The Morgan fingerprint density at radius 1 is 0.867 bits per heavy atom. The van der Waals surface area contributed by atoms with Crippen molar-refractivity contribution in [2.75, 3.05) is 12.1 Å². The Hall–Kier alpha value is -5.58. The molecule has 0 unspecified atom stereocenters. The largest absolute Gasteiger partial charge is 0.490 e. The van der Waals surface area contributed by atoms with Crippen molar-refractivity contribution in [3.8, 4) is 28.9 Å². The highest BCUT2D eigenvalue weighted by Gasteiger charge is 2.25. The molecule has 2 heterocycles. The number of anilines is 1. The lowest BCUT2D eigenvalue weighted by Gasteiger charge is -2.29. The number of aromatic carboxylic acids is 1. The van der Waals surface area contributed by atoms with Crippen LogP contribution in [0.4, 0.5) is 5.69 Å². The fourth-order valence-corrected chi connectivity index (χ4v) is 5.27. The third-order valence-corrected chi connectivity index (χ3v) is 7.59. The molecular weight excluding hydrogens is 578 g/mol. The summed E-state index contributed by atoms with van der Waals surface area (Å²) in [5, 5.41) is 15.0. The van der Waals surface area contributed by atoms with Gasteiger partial charge in [0.1, 0.15) is 11.5 Å². The zero-order valence-electron chi connectivity index (χ0n) is 24.2. The van der Waals surface area contributed by atoms with Crippen molar-refractivity contribution in [2.24, 2.45) is 0 Å². The molecule has 1 aromatic heterocycles. The van der Waals surface area contributed by atoms with Gasteiger partial charge >= 0.3 is 5.97 Å². The minimum atomic E-state index is -1.11. The lowest BCUT2D eigenvalue weighted by atomic mass is 9.92. The molecule has 1 fully saturated rings. The fourth-order valence-electron chi connectivity index (χ4n) is 5.27. The zero-order valence-corrected chi connectivity index (χ0v) is 24.2. The molecule has 11 nitrogen and oxygen atoms in total. The number of hydrogen-bond acceptors (Lipinski definition) is 8. The summed E-state index contributed by atoms with van der Waals surface area (Å²) < 4.78 is 22.7. The first-order chi connectivity index (χ1) is 21.9. The Kier molecular flexibility index (Phi) is 8.77. The van der Waals surface area contributed by atoms with Crippen LogP contribution in [-0.2, 0) is 11.2 Å². The molecule has 1 saturated carbocycles. The third kappa shape index (κ3) is 7.50. The van der Waals surface area contributed by atoms with Crippen molar-refractivity contribution in [2.45, 2.75) is 44.2 Å². The lowest BCUT2D eigenvalue weighted by molar-refractivity contribution is -0.115. The highest BCUT2D eigenvalue weighted by atomic mass is 16.7. The van der Waals surface area contributed by atoms with E-state index >= 15 is 0 Å². The Balaban J connectivity index is 0.937. The molecule has 11 heteroatoms. The highest BCUT2D eigenvalue weighted by Crippen LogP contribution is 2.33. The van der Waals surface area contributed by atoms with Gasteiger partial charge < -0.3 is 34.7 Å². The zero-order chi connectivity index (χ0) is 31.2.